The fourth-order valence-electron chi connectivity index (χ4n) is 2.20. The van der Waals surface area contributed by atoms with Crippen LogP contribution in [-0.2, 0) is 13.1 Å². The van der Waals surface area contributed by atoms with E-state index in [1.165, 1.54) is 10.7 Å². The van der Waals surface area contributed by atoms with Crippen LogP contribution in [0.5, 0.6) is 0 Å². The van der Waals surface area contributed by atoms with E-state index in [0.717, 1.165) is 12.1 Å². The van der Waals surface area contributed by atoms with Crippen molar-refractivity contribution in [3.63, 3.8) is 0 Å². The van der Waals surface area contributed by atoms with E-state index in [0.29, 0.717) is 23.6 Å². The molecule has 0 atom stereocenters. The Labute approximate surface area is 131 Å². The summed E-state index contributed by atoms with van der Waals surface area (Å²) in [6, 6.07) is 5.27. The Bertz CT molecular complexity index is 827. The second kappa shape index (κ2) is 6.25. The zero-order valence-electron chi connectivity index (χ0n) is 12.4. The number of aliphatic hydroxyl groups is 1. The number of rotatable bonds is 5. The molecule has 2 heterocycles. The summed E-state index contributed by atoms with van der Waals surface area (Å²) in [7, 11) is 0. The van der Waals surface area contributed by atoms with E-state index < -0.39 is 11.6 Å². The first-order valence-electron chi connectivity index (χ1n) is 7.17. The van der Waals surface area contributed by atoms with Crippen molar-refractivity contribution in [3.05, 3.63) is 42.1 Å². The molecule has 1 aromatic carbocycles. The lowest BCUT2D eigenvalue weighted by molar-refractivity contribution is 0.270. The highest BCUT2D eigenvalue weighted by molar-refractivity contribution is 5.59. The molecule has 0 unspecified atom stereocenters. The number of hydrogen-bond acceptors (Lipinski definition) is 4. The molecule has 0 radical (unpaired) electrons. The molecule has 23 heavy (non-hydrogen) atoms. The van der Waals surface area contributed by atoms with Crippen molar-refractivity contribution in [2.45, 2.75) is 20.0 Å². The van der Waals surface area contributed by atoms with E-state index in [4.69, 9.17) is 0 Å². The van der Waals surface area contributed by atoms with Gasteiger partial charge in [-0.25, -0.2) is 18.4 Å². The third-order valence-corrected chi connectivity index (χ3v) is 3.36. The molecule has 1 N–H and O–H groups in total. The predicted octanol–water partition coefficient (Wildman–Crippen LogP) is 2.10. The van der Waals surface area contributed by atoms with Gasteiger partial charge in [-0.15, -0.1) is 0 Å². The molecule has 0 spiro atoms. The standard InChI is InChI=1S/C15H15F2N5O/c1-2-21-6-5-13(19-21)15-18-14(20-22(15)7-8-23)10-3-4-11(16)12(17)9-10/h3-6,9,23H,2,7-8H2,1H3. The summed E-state index contributed by atoms with van der Waals surface area (Å²) >= 11 is 0. The van der Waals surface area contributed by atoms with Gasteiger partial charge in [0.1, 0.15) is 5.69 Å². The molecular weight excluding hydrogens is 304 g/mol. The summed E-state index contributed by atoms with van der Waals surface area (Å²) in [5.41, 5.74) is 0.957. The molecular formula is C15H15F2N5O. The maximum atomic E-state index is 13.4. The Balaban J connectivity index is 2.05. The SMILES string of the molecule is CCn1ccc(-c2nc(-c3ccc(F)c(F)c3)nn2CCO)n1. The van der Waals surface area contributed by atoms with Crippen molar-refractivity contribution in [2.75, 3.05) is 6.61 Å². The zero-order valence-corrected chi connectivity index (χ0v) is 12.4. The Morgan fingerprint density at radius 1 is 1.13 bits per heavy atom. The quantitative estimate of drug-likeness (QED) is 0.782. The first-order chi connectivity index (χ1) is 11.1. The van der Waals surface area contributed by atoms with Gasteiger partial charge in [0, 0.05) is 18.3 Å². The van der Waals surface area contributed by atoms with Crippen LogP contribution in [0, 0.1) is 11.6 Å². The number of hydrogen-bond donors (Lipinski definition) is 1. The molecule has 0 amide bonds. The van der Waals surface area contributed by atoms with Crippen LogP contribution >= 0.6 is 0 Å². The molecule has 120 valence electrons. The molecule has 0 aliphatic rings. The minimum Gasteiger partial charge on any atom is -0.394 e. The monoisotopic (exact) mass is 319 g/mol. The molecule has 0 aliphatic carbocycles. The van der Waals surface area contributed by atoms with Gasteiger partial charge in [0.15, 0.2) is 23.3 Å². The molecule has 3 rings (SSSR count). The van der Waals surface area contributed by atoms with Gasteiger partial charge in [-0.1, -0.05) is 0 Å². The number of aliphatic hydroxyl groups excluding tert-OH is 1. The number of benzene rings is 1. The second-order valence-electron chi connectivity index (χ2n) is 4.89. The summed E-state index contributed by atoms with van der Waals surface area (Å²) in [6.07, 6.45) is 1.81. The largest absolute Gasteiger partial charge is 0.394 e. The van der Waals surface area contributed by atoms with Crippen LogP contribution in [0.15, 0.2) is 30.5 Å². The zero-order chi connectivity index (χ0) is 16.4. The topological polar surface area (TPSA) is 68.8 Å². The third kappa shape index (κ3) is 2.98. The van der Waals surface area contributed by atoms with Crippen LogP contribution in [0.4, 0.5) is 8.78 Å². The van der Waals surface area contributed by atoms with E-state index >= 15 is 0 Å². The number of halogens is 2. The molecule has 0 bridgehead atoms. The maximum Gasteiger partial charge on any atom is 0.181 e. The van der Waals surface area contributed by atoms with Crippen LogP contribution in [0.1, 0.15) is 6.92 Å². The van der Waals surface area contributed by atoms with Crippen LogP contribution in [0.2, 0.25) is 0 Å². The Kier molecular flexibility index (Phi) is 4.16. The number of aromatic nitrogens is 5. The minimum atomic E-state index is -0.960. The average molecular weight is 319 g/mol. The molecule has 2 aromatic heterocycles. The van der Waals surface area contributed by atoms with Gasteiger partial charge in [0.05, 0.1) is 13.2 Å². The van der Waals surface area contributed by atoms with Gasteiger partial charge in [-0.2, -0.15) is 10.2 Å². The summed E-state index contributed by atoms with van der Waals surface area (Å²) in [6.45, 7) is 2.78. The van der Waals surface area contributed by atoms with Crippen molar-refractivity contribution >= 4 is 0 Å². The highest BCUT2D eigenvalue weighted by Gasteiger charge is 2.16. The first-order valence-corrected chi connectivity index (χ1v) is 7.17. The molecule has 0 saturated heterocycles. The Morgan fingerprint density at radius 3 is 2.61 bits per heavy atom. The lowest BCUT2D eigenvalue weighted by Crippen LogP contribution is -2.06. The summed E-state index contributed by atoms with van der Waals surface area (Å²) in [5.74, 6) is -1.17. The van der Waals surface area contributed by atoms with E-state index in [9.17, 15) is 13.9 Å². The number of aryl methyl sites for hydroxylation is 1. The van der Waals surface area contributed by atoms with Crippen molar-refractivity contribution < 1.29 is 13.9 Å². The second-order valence-corrected chi connectivity index (χ2v) is 4.89. The fraction of sp³-hybridized carbons (Fsp3) is 0.267. The van der Waals surface area contributed by atoms with Crippen molar-refractivity contribution in [1.29, 1.82) is 0 Å². The molecule has 0 aliphatic heterocycles. The highest BCUT2D eigenvalue weighted by Crippen LogP contribution is 2.22. The Morgan fingerprint density at radius 2 is 1.96 bits per heavy atom. The van der Waals surface area contributed by atoms with Crippen LogP contribution < -0.4 is 0 Å². The van der Waals surface area contributed by atoms with E-state index in [2.05, 4.69) is 15.2 Å². The van der Waals surface area contributed by atoms with E-state index in [-0.39, 0.29) is 19.0 Å². The lowest BCUT2D eigenvalue weighted by Gasteiger charge is -2.00. The Hall–Kier alpha value is -2.61. The highest BCUT2D eigenvalue weighted by atomic mass is 19.2. The predicted molar refractivity (Wildman–Crippen MR) is 79.4 cm³/mol. The van der Waals surface area contributed by atoms with Crippen LogP contribution in [0.3, 0.4) is 0 Å². The van der Waals surface area contributed by atoms with Gasteiger partial charge in [-0.3, -0.25) is 4.68 Å². The molecule has 8 heteroatoms. The lowest BCUT2D eigenvalue weighted by atomic mass is 10.2. The van der Waals surface area contributed by atoms with E-state index in [1.54, 1.807) is 10.7 Å². The summed E-state index contributed by atoms with van der Waals surface area (Å²) in [4.78, 5) is 4.36. The van der Waals surface area contributed by atoms with Gasteiger partial charge in [-0.05, 0) is 31.2 Å². The third-order valence-electron chi connectivity index (χ3n) is 3.36. The summed E-state index contributed by atoms with van der Waals surface area (Å²) in [5, 5.41) is 17.8. The molecule has 3 aromatic rings. The molecule has 6 nitrogen and oxygen atoms in total. The van der Waals surface area contributed by atoms with Crippen molar-refractivity contribution in [2.24, 2.45) is 0 Å². The number of nitrogens with zero attached hydrogens (tertiary/aromatic N) is 5. The van der Waals surface area contributed by atoms with Gasteiger partial charge in [0.25, 0.3) is 0 Å². The van der Waals surface area contributed by atoms with Crippen LogP contribution in [-0.4, -0.2) is 36.3 Å². The maximum absolute atomic E-state index is 13.4. The van der Waals surface area contributed by atoms with Gasteiger partial charge in [0.2, 0.25) is 0 Å². The normalized spacial score (nSPS) is 11.1. The summed E-state index contributed by atoms with van der Waals surface area (Å²) < 4.78 is 29.7. The molecule has 0 fully saturated rings. The van der Waals surface area contributed by atoms with E-state index in [1.807, 2.05) is 13.1 Å². The van der Waals surface area contributed by atoms with Gasteiger partial charge < -0.3 is 5.11 Å². The minimum absolute atomic E-state index is 0.123. The van der Waals surface area contributed by atoms with Gasteiger partial charge >= 0.3 is 0 Å². The smallest absolute Gasteiger partial charge is 0.181 e. The molecule has 0 saturated carbocycles. The average Bonchev–Trinajstić information content (AvgIpc) is 3.17. The van der Waals surface area contributed by atoms with Crippen molar-refractivity contribution in [1.82, 2.24) is 24.5 Å². The van der Waals surface area contributed by atoms with Crippen molar-refractivity contribution in [3.8, 4) is 22.9 Å². The van der Waals surface area contributed by atoms with Crippen LogP contribution in [0.25, 0.3) is 22.9 Å². The fourth-order valence-corrected chi connectivity index (χ4v) is 2.20. The first kappa shape index (κ1) is 15.3.